The van der Waals surface area contributed by atoms with Gasteiger partial charge in [0.1, 0.15) is 0 Å². The van der Waals surface area contributed by atoms with Crippen LogP contribution in [0.1, 0.15) is 18.4 Å². The van der Waals surface area contributed by atoms with Crippen molar-refractivity contribution in [1.82, 2.24) is 0 Å². The second-order valence-electron chi connectivity index (χ2n) is 3.65. The van der Waals surface area contributed by atoms with Crippen molar-refractivity contribution in [3.05, 3.63) is 23.3 Å². The predicted molar refractivity (Wildman–Crippen MR) is 60.0 cm³/mol. The van der Waals surface area contributed by atoms with Crippen molar-refractivity contribution in [1.29, 1.82) is 0 Å². The normalized spacial score (nSPS) is 10.2. The van der Waals surface area contributed by atoms with Crippen molar-refractivity contribution < 1.29 is 28.2 Å². The van der Waals surface area contributed by atoms with Crippen LogP contribution in [-0.4, -0.2) is 25.3 Å². The van der Waals surface area contributed by atoms with Gasteiger partial charge in [0.15, 0.2) is 17.3 Å². The molecule has 1 aromatic carbocycles. The third-order valence-electron chi connectivity index (χ3n) is 2.46. The average Bonchev–Trinajstić information content (AvgIpc) is 2.32. The maximum absolute atomic E-state index is 13.8. The first-order valence-corrected chi connectivity index (χ1v) is 5.31. The average molecular weight is 260 g/mol. The molecule has 0 aliphatic carbocycles. The summed E-state index contributed by atoms with van der Waals surface area (Å²) in [5.74, 6) is -3.32. The maximum atomic E-state index is 13.8. The number of hydrogen-bond acceptors (Lipinski definition) is 3. The lowest BCUT2D eigenvalue weighted by atomic mass is 10.1. The van der Waals surface area contributed by atoms with E-state index in [4.69, 9.17) is 9.84 Å². The molecule has 100 valence electrons. The molecule has 0 spiro atoms. The van der Waals surface area contributed by atoms with Crippen LogP contribution in [0.5, 0.6) is 11.5 Å². The molecular formula is C12H14F2O4. The first-order chi connectivity index (χ1) is 8.51. The molecular weight excluding hydrogens is 246 g/mol. The zero-order valence-corrected chi connectivity index (χ0v) is 10.1. The standard InChI is InChI=1S/C12H14F2O4/c1-17-8-6-7(4-3-5-9(15)16)10(13)12(18-2)11(8)14/h6H,3-5H2,1-2H3,(H,15,16). The molecule has 0 unspecified atom stereocenters. The zero-order chi connectivity index (χ0) is 13.7. The number of carbonyl (C=O) groups is 1. The van der Waals surface area contributed by atoms with Gasteiger partial charge in [-0.1, -0.05) is 0 Å². The molecule has 0 fully saturated rings. The maximum Gasteiger partial charge on any atom is 0.303 e. The molecule has 4 nitrogen and oxygen atoms in total. The van der Waals surface area contributed by atoms with E-state index in [1.165, 1.54) is 13.2 Å². The van der Waals surface area contributed by atoms with E-state index in [1.54, 1.807) is 0 Å². The van der Waals surface area contributed by atoms with E-state index in [0.717, 1.165) is 7.11 Å². The smallest absolute Gasteiger partial charge is 0.303 e. The first-order valence-electron chi connectivity index (χ1n) is 5.31. The highest BCUT2D eigenvalue weighted by molar-refractivity contribution is 5.66. The van der Waals surface area contributed by atoms with Crippen LogP contribution in [-0.2, 0) is 11.2 Å². The Morgan fingerprint density at radius 1 is 1.28 bits per heavy atom. The van der Waals surface area contributed by atoms with E-state index in [9.17, 15) is 13.6 Å². The second kappa shape index (κ2) is 6.18. The Balaban J connectivity index is 3.00. The van der Waals surface area contributed by atoms with Crippen LogP contribution >= 0.6 is 0 Å². The Hall–Kier alpha value is -1.85. The lowest BCUT2D eigenvalue weighted by Crippen LogP contribution is -2.03. The van der Waals surface area contributed by atoms with E-state index in [-0.39, 0.29) is 30.6 Å². The largest absolute Gasteiger partial charge is 0.494 e. The molecule has 0 aliphatic heterocycles. The molecule has 18 heavy (non-hydrogen) atoms. The van der Waals surface area contributed by atoms with Crippen molar-refractivity contribution in [3.63, 3.8) is 0 Å². The molecule has 6 heteroatoms. The zero-order valence-electron chi connectivity index (χ0n) is 10.1. The minimum atomic E-state index is -0.962. The lowest BCUT2D eigenvalue weighted by Gasteiger charge is -2.11. The van der Waals surface area contributed by atoms with Crippen LogP contribution in [0.2, 0.25) is 0 Å². The van der Waals surface area contributed by atoms with Crippen molar-refractivity contribution >= 4 is 5.97 Å². The van der Waals surface area contributed by atoms with Gasteiger partial charge in [-0.15, -0.1) is 0 Å². The summed E-state index contributed by atoms with van der Waals surface area (Å²) in [4.78, 5) is 10.4. The number of benzene rings is 1. The second-order valence-corrected chi connectivity index (χ2v) is 3.65. The summed E-state index contributed by atoms with van der Waals surface area (Å²) in [7, 11) is 2.42. The summed E-state index contributed by atoms with van der Waals surface area (Å²) < 4.78 is 36.8. The molecule has 1 aromatic rings. The molecule has 1 N–H and O–H groups in total. The number of ether oxygens (including phenoxy) is 2. The number of carboxylic acids is 1. The Morgan fingerprint density at radius 2 is 1.94 bits per heavy atom. The summed E-state index contributed by atoms with van der Waals surface area (Å²) in [6.45, 7) is 0. The topological polar surface area (TPSA) is 55.8 Å². The minimum Gasteiger partial charge on any atom is -0.494 e. The summed E-state index contributed by atoms with van der Waals surface area (Å²) in [6, 6.07) is 1.22. The summed E-state index contributed by atoms with van der Waals surface area (Å²) in [5.41, 5.74) is 0.173. The summed E-state index contributed by atoms with van der Waals surface area (Å²) in [5, 5.41) is 8.50. The Bertz CT molecular complexity index is 446. The monoisotopic (exact) mass is 260 g/mol. The van der Waals surface area contributed by atoms with Crippen molar-refractivity contribution in [2.75, 3.05) is 14.2 Å². The van der Waals surface area contributed by atoms with Gasteiger partial charge in [0, 0.05) is 6.42 Å². The van der Waals surface area contributed by atoms with Crippen LogP contribution in [0.25, 0.3) is 0 Å². The summed E-state index contributed by atoms with van der Waals surface area (Å²) in [6.07, 6.45) is 0.344. The van der Waals surface area contributed by atoms with Crippen molar-refractivity contribution in [2.45, 2.75) is 19.3 Å². The fraction of sp³-hybridized carbons (Fsp3) is 0.417. The SMILES string of the molecule is COc1cc(CCCC(=O)O)c(F)c(OC)c1F. The Labute approximate surface area is 103 Å². The lowest BCUT2D eigenvalue weighted by molar-refractivity contribution is -0.137. The van der Waals surface area contributed by atoms with Gasteiger partial charge in [0.25, 0.3) is 0 Å². The van der Waals surface area contributed by atoms with Crippen LogP contribution in [0.4, 0.5) is 8.78 Å². The molecule has 0 aromatic heterocycles. The fourth-order valence-corrected chi connectivity index (χ4v) is 1.58. The van der Waals surface area contributed by atoms with Crippen molar-refractivity contribution in [3.8, 4) is 11.5 Å². The number of rotatable bonds is 6. The number of methoxy groups -OCH3 is 2. The van der Waals surface area contributed by atoms with Gasteiger partial charge in [-0.25, -0.2) is 4.39 Å². The molecule has 0 aliphatic rings. The quantitative estimate of drug-likeness (QED) is 0.853. The third kappa shape index (κ3) is 3.09. The van der Waals surface area contributed by atoms with Crippen LogP contribution in [0, 0.1) is 11.6 Å². The Kier molecular flexibility index (Phi) is 4.88. The molecule has 1 rings (SSSR count). The first kappa shape index (κ1) is 14.2. The molecule has 0 amide bonds. The van der Waals surface area contributed by atoms with Gasteiger partial charge in [0.05, 0.1) is 14.2 Å². The van der Waals surface area contributed by atoms with Gasteiger partial charge < -0.3 is 14.6 Å². The number of aliphatic carboxylic acids is 1. The van der Waals surface area contributed by atoms with E-state index in [1.807, 2.05) is 0 Å². The molecule has 0 heterocycles. The minimum absolute atomic E-state index is 0.0819. The van der Waals surface area contributed by atoms with E-state index in [2.05, 4.69) is 4.74 Å². The van der Waals surface area contributed by atoms with Crippen LogP contribution in [0.3, 0.4) is 0 Å². The highest BCUT2D eigenvalue weighted by atomic mass is 19.1. The Morgan fingerprint density at radius 3 is 2.44 bits per heavy atom. The highest BCUT2D eigenvalue weighted by Crippen LogP contribution is 2.32. The summed E-state index contributed by atoms with van der Waals surface area (Å²) >= 11 is 0. The van der Waals surface area contributed by atoms with Gasteiger partial charge in [0.2, 0.25) is 5.82 Å². The number of halogens is 2. The van der Waals surface area contributed by atoms with Gasteiger partial charge in [-0.2, -0.15) is 4.39 Å². The number of aryl methyl sites for hydroxylation is 1. The van der Waals surface area contributed by atoms with Gasteiger partial charge in [-0.3, -0.25) is 4.79 Å². The van der Waals surface area contributed by atoms with Crippen molar-refractivity contribution in [2.24, 2.45) is 0 Å². The van der Waals surface area contributed by atoms with Crippen LogP contribution < -0.4 is 9.47 Å². The molecule has 0 radical (unpaired) electrons. The fourth-order valence-electron chi connectivity index (χ4n) is 1.58. The molecule has 0 bridgehead atoms. The number of carboxylic acid groups (broad SMARTS) is 1. The van der Waals surface area contributed by atoms with Gasteiger partial charge >= 0.3 is 5.97 Å². The highest BCUT2D eigenvalue weighted by Gasteiger charge is 2.19. The number of hydrogen-bond donors (Lipinski definition) is 1. The molecule has 0 saturated heterocycles. The predicted octanol–water partition coefficient (Wildman–Crippen LogP) is 2.39. The van der Waals surface area contributed by atoms with E-state index >= 15 is 0 Å². The van der Waals surface area contributed by atoms with Gasteiger partial charge in [-0.05, 0) is 24.5 Å². The van der Waals surface area contributed by atoms with E-state index in [0.29, 0.717) is 0 Å². The molecule has 0 saturated carbocycles. The van der Waals surface area contributed by atoms with E-state index < -0.39 is 23.4 Å². The van der Waals surface area contributed by atoms with Crippen LogP contribution in [0.15, 0.2) is 6.07 Å². The molecule has 0 atom stereocenters. The third-order valence-corrected chi connectivity index (χ3v) is 2.46.